The van der Waals surface area contributed by atoms with E-state index >= 15 is 0 Å². The molecule has 0 aromatic heterocycles. The molecule has 4 nitrogen and oxygen atoms in total. The zero-order valence-corrected chi connectivity index (χ0v) is 15.2. The highest BCUT2D eigenvalue weighted by Gasteiger charge is 2.40. The summed E-state index contributed by atoms with van der Waals surface area (Å²) in [5.41, 5.74) is 24.5. The van der Waals surface area contributed by atoms with Crippen LogP contribution in [0.1, 0.15) is 64.7 Å². The highest BCUT2D eigenvalue weighted by Crippen LogP contribution is 2.48. The quantitative estimate of drug-likeness (QED) is 0.576. The zero-order valence-electron chi connectivity index (χ0n) is 15.2. The lowest BCUT2D eigenvalue weighted by Gasteiger charge is -2.46. The van der Waals surface area contributed by atoms with Crippen molar-refractivity contribution >= 4 is 0 Å². The van der Waals surface area contributed by atoms with E-state index in [1.54, 1.807) is 0 Å². The Balaban J connectivity index is 1.92. The largest absolute Gasteiger partial charge is 0.330 e. The fraction of sp³-hybridized carbons (Fsp3) is 1.00. The van der Waals surface area contributed by atoms with Crippen molar-refractivity contribution in [1.82, 2.24) is 0 Å². The first-order chi connectivity index (χ1) is 11.1. The van der Waals surface area contributed by atoms with Crippen LogP contribution in [-0.2, 0) is 0 Å². The summed E-state index contributed by atoms with van der Waals surface area (Å²) in [7, 11) is 0. The lowest BCUT2D eigenvalue weighted by Crippen LogP contribution is -2.44. The molecular formula is C19H40N4. The van der Waals surface area contributed by atoms with Crippen molar-refractivity contribution in [1.29, 1.82) is 0 Å². The SMILES string of the molecule is CCC(C1CCC(CN)(CN)CC1)C1CCC(CN)(CN)CC1. The van der Waals surface area contributed by atoms with Crippen molar-refractivity contribution in [3.8, 4) is 0 Å². The summed E-state index contributed by atoms with van der Waals surface area (Å²) >= 11 is 0. The van der Waals surface area contributed by atoms with Crippen molar-refractivity contribution in [3.05, 3.63) is 0 Å². The highest BCUT2D eigenvalue weighted by molar-refractivity contribution is 4.93. The van der Waals surface area contributed by atoms with Crippen LogP contribution >= 0.6 is 0 Å². The van der Waals surface area contributed by atoms with Gasteiger partial charge < -0.3 is 22.9 Å². The van der Waals surface area contributed by atoms with Gasteiger partial charge in [-0.15, -0.1) is 0 Å². The number of hydrogen-bond donors (Lipinski definition) is 4. The lowest BCUT2D eigenvalue weighted by atomic mass is 9.60. The Labute approximate surface area is 143 Å². The van der Waals surface area contributed by atoms with Gasteiger partial charge in [0.1, 0.15) is 0 Å². The maximum atomic E-state index is 6.00. The average molecular weight is 325 g/mol. The van der Waals surface area contributed by atoms with E-state index in [4.69, 9.17) is 22.9 Å². The second kappa shape index (κ2) is 8.28. The fourth-order valence-corrected chi connectivity index (χ4v) is 5.40. The van der Waals surface area contributed by atoms with Crippen molar-refractivity contribution in [3.63, 3.8) is 0 Å². The monoisotopic (exact) mass is 324 g/mol. The third-order valence-electron chi connectivity index (χ3n) is 7.60. The average Bonchev–Trinajstić information content (AvgIpc) is 2.64. The molecule has 0 saturated heterocycles. The molecule has 23 heavy (non-hydrogen) atoms. The second-order valence-electron chi connectivity index (χ2n) is 8.56. The van der Waals surface area contributed by atoms with Crippen molar-refractivity contribution in [2.75, 3.05) is 26.2 Å². The molecule has 0 aliphatic heterocycles. The summed E-state index contributed by atoms with van der Waals surface area (Å²) in [4.78, 5) is 0. The van der Waals surface area contributed by atoms with Gasteiger partial charge in [0.15, 0.2) is 0 Å². The van der Waals surface area contributed by atoms with Gasteiger partial charge in [-0.25, -0.2) is 0 Å². The van der Waals surface area contributed by atoms with Crippen LogP contribution in [-0.4, -0.2) is 26.2 Å². The number of hydrogen-bond acceptors (Lipinski definition) is 4. The predicted molar refractivity (Wildman–Crippen MR) is 98.8 cm³/mol. The normalized spacial score (nSPS) is 25.8. The molecule has 0 radical (unpaired) electrons. The summed E-state index contributed by atoms with van der Waals surface area (Å²) < 4.78 is 0. The van der Waals surface area contributed by atoms with E-state index in [0.29, 0.717) is 0 Å². The Morgan fingerprint density at radius 3 is 1.22 bits per heavy atom. The van der Waals surface area contributed by atoms with E-state index in [9.17, 15) is 0 Å². The van der Waals surface area contributed by atoms with Crippen LogP contribution < -0.4 is 22.9 Å². The van der Waals surface area contributed by atoms with Gasteiger partial charge in [-0.2, -0.15) is 0 Å². The minimum atomic E-state index is 0.232. The zero-order chi connectivity index (χ0) is 16.9. The van der Waals surface area contributed by atoms with Gasteiger partial charge in [0, 0.05) is 0 Å². The maximum Gasteiger partial charge on any atom is -0.000844 e. The van der Waals surface area contributed by atoms with Crippen LogP contribution in [0.2, 0.25) is 0 Å². The molecule has 0 bridgehead atoms. The van der Waals surface area contributed by atoms with E-state index in [0.717, 1.165) is 43.9 Å². The Bertz CT molecular complexity index is 297. The first kappa shape index (κ1) is 19.2. The molecule has 2 aliphatic carbocycles. The summed E-state index contributed by atoms with van der Waals surface area (Å²) in [6, 6.07) is 0. The topological polar surface area (TPSA) is 104 Å². The third-order valence-corrected chi connectivity index (χ3v) is 7.60. The van der Waals surface area contributed by atoms with Crippen LogP contribution in [0, 0.1) is 28.6 Å². The summed E-state index contributed by atoms with van der Waals surface area (Å²) in [6.07, 6.45) is 11.5. The molecule has 8 N–H and O–H groups in total. The van der Waals surface area contributed by atoms with E-state index in [-0.39, 0.29) is 10.8 Å². The minimum absolute atomic E-state index is 0.232. The molecule has 2 aliphatic rings. The van der Waals surface area contributed by atoms with Crippen molar-refractivity contribution < 1.29 is 0 Å². The maximum absolute atomic E-state index is 6.00. The molecule has 2 rings (SSSR count). The number of rotatable bonds is 7. The van der Waals surface area contributed by atoms with Crippen molar-refractivity contribution in [2.45, 2.75) is 64.7 Å². The van der Waals surface area contributed by atoms with Crippen LogP contribution in [0.5, 0.6) is 0 Å². The van der Waals surface area contributed by atoms with Gasteiger partial charge in [-0.3, -0.25) is 0 Å². The van der Waals surface area contributed by atoms with Crippen LogP contribution in [0.15, 0.2) is 0 Å². The Hall–Kier alpha value is -0.160. The number of nitrogens with two attached hydrogens (primary N) is 4. The summed E-state index contributed by atoms with van der Waals surface area (Å²) in [6.45, 7) is 5.40. The molecular weight excluding hydrogens is 284 g/mol. The molecule has 2 saturated carbocycles. The Morgan fingerprint density at radius 2 is 1.00 bits per heavy atom. The fourth-order valence-electron chi connectivity index (χ4n) is 5.40. The van der Waals surface area contributed by atoms with Gasteiger partial charge >= 0.3 is 0 Å². The van der Waals surface area contributed by atoms with Crippen LogP contribution in [0.25, 0.3) is 0 Å². The molecule has 0 atom stereocenters. The minimum Gasteiger partial charge on any atom is -0.330 e. The van der Waals surface area contributed by atoms with E-state index in [1.165, 1.54) is 57.8 Å². The van der Waals surface area contributed by atoms with Gasteiger partial charge in [-0.05, 0) is 106 Å². The van der Waals surface area contributed by atoms with E-state index in [2.05, 4.69) is 6.92 Å². The third kappa shape index (κ3) is 4.09. The predicted octanol–water partition coefficient (Wildman–Crippen LogP) is 2.20. The molecule has 4 heteroatoms. The smallest absolute Gasteiger partial charge is 0.000844 e. The Morgan fingerprint density at radius 1 is 0.696 bits per heavy atom. The first-order valence-electron chi connectivity index (χ1n) is 9.88. The molecule has 0 spiro atoms. The van der Waals surface area contributed by atoms with E-state index in [1.807, 2.05) is 0 Å². The summed E-state index contributed by atoms with van der Waals surface area (Å²) in [5, 5.41) is 0. The Kier molecular flexibility index (Phi) is 6.90. The lowest BCUT2D eigenvalue weighted by molar-refractivity contribution is 0.0614. The first-order valence-corrected chi connectivity index (χ1v) is 9.88. The molecule has 0 heterocycles. The summed E-state index contributed by atoms with van der Waals surface area (Å²) in [5.74, 6) is 2.62. The molecule has 0 unspecified atom stereocenters. The molecule has 136 valence electrons. The second-order valence-corrected chi connectivity index (χ2v) is 8.56. The molecule has 0 aromatic rings. The van der Waals surface area contributed by atoms with Crippen molar-refractivity contribution in [2.24, 2.45) is 51.5 Å². The van der Waals surface area contributed by atoms with Gasteiger partial charge in [0.05, 0.1) is 0 Å². The van der Waals surface area contributed by atoms with Gasteiger partial charge in [-0.1, -0.05) is 13.3 Å². The van der Waals surface area contributed by atoms with Gasteiger partial charge in [0.2, 0.25) is 0 Å². The molecule has 0 aromatic carbocycles. The molecule has 0 amide bonds. The van der Waals surface area contributed by atoms with Crippen LogP contribution in [0.3, 0.4) is 0 Å². The highest BCUT2D eigenvalue weighted by atomic mass is 14.7. The van der Waals surface area contributed by atoms with Crippen LogP contribution in [0.4, 0.5) is 0 Å². The standard InChI is InChI=1S/C19H40N4/c1-2-17(15-3-7-18(11-20,12-21)8-4-15)16-5-9-19(13-22,14-23)10-6-16/h15-17H,2-14,20-23H2,1H3. The molecule has 2 fully saturated rings. The van der Waals surface area contributed by atoms with E-state index < -0.39 is 0 Å². The van der Waals surface area contributed by atoms with Gasteiger partial charge in [0.25, 0.3) is 0 Å².